The van der Waals surface area contributed by atoms with Crippen LogP contribution in [0.5, 0.6) is 11.8 Å². The average molecular weight is 295 g/mol. The van der Waals surface area contributed by atoms with Gasteiger partial charge in [0, 0.05) is 18.7 Å². The Balaban J connectivity index is 2.08. The Kier molecular flexibility index (Phi) is 4.99. The number of ether oxygens (including phenoxy) is 2. The third-order valence-corrected chi connectivity index (χ3v) is 2.88. The number of rotatable bonds is 6. The molecule has 0 aliphatic carbocycles. The van der Waals surface area contributed by atoms with Gasteiger partial charge in [0.15, 0.2) is 0 Å². The first kappa shape index (κ1) is 15.1. The van der Waals surface area contributed by atoms with E-state index >= 15 is 0 Å². The molecule has 7 heteroatoms. The van der Waals surface area contributed by atoms with Gasteiger partial charge in [0.05, 0.1) is 19.8 Å². The molecule has 0 atom stereocenters. The van der Waals surface area contributed by atoms with Crippen molar-refractivity contribution in [2.24, 2.45) is 0 Å². The molecular formula is C14H15F2N3O2. The number of nitrogens with one attached hydrogen (secondary N) is 1. The number of benzene rings is 1. The Morgan fingerprint density at radius 2 is 1.71 bits per heavy atom. The summed E-state index contributed by atoms with van der Waals surface area (Å²) in [7, 11) is 2.97. The van der Waals surface area contributed by atoms with Crippen molar-refractivity contribution in [1.82, 2.24) is 15.3 Å². The van der Waals surface area contributed by atoms with E-state index in [2.05, 4.69) is 15.3 Å². The number of methoxy groups -OCH3 is 2. The molecule has 0 saturated heterocycles. The van der Waals surface area contributed by atoms with Crippen LogP contribution in [0.15, 0.2) is 24.5 Å². The highest BCUT2D eigenvalue weighted by molar-refractivity contribution is 5.34. The molecule has 1 heterocycles. The second-order valence-corrected chi connectivity index (χ2v) is 4.21. The Hall–Kier alpha value is -2.28. The minimum absolute atomic E-state index is 0.158. The van der Waals surface area contributed by atoms with Crippen LogP contribution in [0, 0.1) is 11.6 Å². The molecule has 0 aliphatic heterocycles. The standard InChI is InChI=1S/C14H15F2N3O2/c1-20-13-11(14(21-2)19-8-18-13)7-17-6-9-5-10(15)3-4-12(9)16/h3-5,8,17H,6-7H2,1-2H3. The van der Waals surface area contributed by atoms with Crippen LogP contribution in [0.1, 0.15) is 11.1 Å². The zero-order valence-electron chi connectivity index (χ0n) is 11.7. The number of aromatic nitrogens is 2. The second kappa shape index (κ2) is 6.94. The predicted molar refractivity (Wildman–Crippen MR) is 72.0 cm³/mol. The van der Waals surface area contributed by atoms with E-state index in [1.165, 1.54) is 20.5 Å². The average Bonchev–Trinajstić information content (AvgIpc) is 2.50. The monoisotopic (exact) mass is 295 g/mol. The van der Waals surface area contributed by atoms with Gasteiger partial charge in [-0.05, 0) is 18.2 Å². The van der Waals surface area contributed by atoms with Gasteiger partial charge in [-0.25, -0.2) is 18.7 Å². The Morgan fingerprint density at radius 3 is 2.33 bits per heavy atom. The molecule has 112 valence electrons. The SMILES string of the molecule is COc1ncnc(OC)c1CNCc1cc(F)ccc1F. The first-order chi connectivity index (χ1) is 10.2. The molecule has 0 fully saturated rings. The Bertz CT molecular complexity index is 601. The smallest absolute Gasteiger partial charge is 0.224 e. The van der Waals surface area contributed by atoms with E-state index in [9.17, 15) is 8.78 Å². The number of halogens is 2. The summed E-state index contributed by atoms with van der Waals surface area (Å²) in [6, 6.07) is 3.33. The maximum atomic E-state index is 13.5. The van der Waals surface area contributed by atoms with Gasteiger partial charge in [-0.15, -0.1) is 0 Å². The molecule has 0 saturated carbocycles. The molecule has 0 spiro atoms. The quantitative estimate of drug-likeness (QED) is 0.884. The highest BCUT2D eigenvalue weighted by Gasteiger charge is 2.12. The van der Waals surface area contributed by atoms with E-state index in [0.29, 0.717) is 23.9 Å². The zero-order valence-corrected chi connectivity index (χ0v) is 11.7. The van der Waals surface area contributed by atoms with Crippen molar-refractivity contribution in [1.29, 1.82) is 0 Å². The van der Waals surface area contributed by atoms with Gasteiger partial charge < -0.3 is 14.8 Å². The topological polar surface area (TPSA) is 56.3 Å². The Morgan fingerprint density at radius 1 is 1.05 bits per heavy atom. The largest absolute Gasteiger partial charge is 0.481 e. The molecule has 1 aromatic carbocycles. The van der Waals surface area contributed by atoms with Crippen molar-refractivity contribution >= 4 is 0 Å². The molecule has 1 aromatic heterocycles. The van der Waals surface area contributed by atoms with E-state index in [4.69, 9.17) is 9.47 Å². The fourth-order valence-corrected chi connectivity index (χ4v) is 1.89. The van der Waals surface area contributed by atoms with Crippen LogP contribution < -0.4 is 14.8 Å². The molecule has 2 aromatic rings. The molecule has 0 unspecified atom stereocenters. The molecule has 0 bridgehead atoms. The maximum Gasteiger partial charge on any atom is 0.224 e. The molecule has 2 rings (SSSR count). The lowest BCUT2D eigenvalue weighted by molar-refractivity contribution is 0.359. The van der Waals surface area contributed by atoms with Gasteiger partial charge in [0.25, 0.3) is 0 Å². The summed E-state index contributed by atoms with van der Waals surface area (Å²) >= 11 is 0. The van der Waals surface area contributed by atoms with Crippen molar-refractivity contribution in [3.05, 3.63) is 47.3 Å². The van der Waals surface area contributed by atoms with Crippen molar-refractivity contribution in [2.45, 2.75) is 13.1 Å². The summed E-state index contributed by atoms with van der Waals surface area (Å²) in [4.78, 5) is 7.95. The van der Waals surface area contributed by atoms with E-state index in [-0.39, 0.29) is 12.1 Å². The minimum atomic E-state index is -0.480. The summed E-state index contributed by atoms with van der Waals surface area (Å²) < 4.78 is 36.8. The number of hydrogen-bond donors (Lipinski definition) is 1. The number of nitrogens with zero attached hydrogens (tertiary/aromatic N) is 2. The molecule has 0 aliphatic rings. The molecule has 5 nitrogen and oxygen atoms in total. The third-order valence-electron chi connectivity index (χ3n) is 2.88. The van der Waals surface area contributed by atoms with Gasteiger partial charge >= 0.3 is 0 Å². The van der Waals surface area contributed by atoms with Crippen LogP contribution in [0.3, 0.4) is 0 Å². The minimum Gasteiger partial charge on any atom is -0.481 e. The van der Waals surface area contributed by atoms with Crippen LogP contribution in [0.2, 0.25) is 0 Å². The van der Waals surface area contributed by atoms with E-state index in [1.807, 2.05) is 0 Å². The van der Waals surface area contributed by atoms with Crippen molar-refractivity contribution in [3.8, 4) is 11.8 Å². The van der Waals surface area contributed by atoms with Gasteiger partial charge in [-0.2, -0.15) is 0 Å². The fourth-order valence-electron chi connectivity index (χ4n) is 1.89. The summed E-state index contributed by atoms with van der Waals surface area (Å²) in [5, 5.41) is 2.99. The van der Waals surface area contributed by atoms with Gasteiger partial charge in [0.1, 0.15) is 18.0 Å². The summed E-state index contributed by atoms with van der Waals surface area (Å²) in [5.74, 6) is -0.207. The molecule has 1 N–H and O–H groups in total. The predicted octanol–water partition coefficient (Wildman–Crippen LogP) is 2.06. The van der Waals surface area contributed by atoms with E-state index in [0.717, 1.165) is 18.2 Å². The number of hydrogen-bond acceptors (Lipinski definition) is 5. The Labute approximate surface area is 120 Å². The lowest BCUT2D eigenvalue weighted by Gasteiger charge is -2.12. The first-order valence-electron chi connectivity index (χ1n) is 6.22. The lowest BCUT2D eigenvalue weighted by atomic mass is 10.2. The first-order valence-corrected chi connectivity index (χ1v) is 6.22. The highest BCUT2D eigenvalue weighted by Crippen LogP contribution is 2.23. The summed E-state index contributed by atoms with van der Waals surface area (Å²) in [6.07, 6.45) is 1.33. The second-order valence-electron chi connectivity index (χ2n) is 4.21. The third kappa shape index (κ3) is 3.63. The van der Waals surface area contributed by atoms with Gasteiger partial charge in [-0.3, -0.25) is 0 Å². The van der Waals surface area contributed by atoms with Crippen molar-refractivity contribution in [2.75, 3.05) is 14.2 Å². The maximum absolute atomic E-state index is 13.5. The van der Waals surface area contributed by atoms with Crippen molar-refractivity contribution in [3.63, 3.8) is 0 Å². The molecule has 0 amide bonds. The van der Waals surface area contributed by atoms with Crippen LogP contribution >= 0.6 is 0 Å². The summed E-state index contributed by atoms with van der Waals surface area (Å²) in [5.41, 5.74) is 0.851. The summed E-state index contributed by atoms with van der Waals surface area (Å²) in [6.45, 7) is 0.452. The zero-order chi connectivity index (χ0) is 15.2. The van der Waals surface area contributed by atoms with Crippen molar-refractivity contribution < 1.29 is 18.3 Å². The fraction of sp³-hybridized carbons (Fsp3) is 0.286. The molecule has 21 heavy (non-hydrogen) atoms. The highest BCUT2D eigenvalue weighted by atomic mass is 19.1. The van der Waals surface area contributed by atoms with Gasteiger partial charge in [-0.1, -0.05) is 0 Å². The molecule has 0 radical (unpaired) electrons. The van der Waals surface area contributed by atoms with E-state index < -0.39 is 11.6 Å². The normalized spacial score (nSPS) is 10.5. The van der Waals surface area contributed by atoms with Crippen LogP contribution in [-0.2, 0) is 13.1 Å². The van der Waals surface area contributed by atoms with Gasteiger partial charge in [0.2, 0.25) is 11.8 Å². The van der Waals surface area contributed by atoms with Crippen LogP contribution in [-0.4, -0.2) is 24.2 Å². The van der Waals surface area contributed by atoms with E-state index in [1.54, 1.807) is 0 Å². The molecular weight excluding hydrogens is 280 g/mol. The lowest BCUT2D eigenvalue weighted by Crippen LogP contribution is -2.16. The van der Waals surface area contributed by atoms with Crippen LogP contribution in [0.25, 0.3) is 0 Å². The van der Waals surface area contributed by atoms with Crippen LogP contribution in [0.4, 0.5) is 8.78 Å².